The first-order valence-corrected chi connectivity index (χ1v) is 6.81. The van der Waals surface area contributed by atoms with Gasteiger partial charge in [-0.3, -0.25) is 4.79 Å². The molecule has 0 heterocycles. The molecule has 0 radical (unpaired) electrons. The van der Waals surface area contributed by atoms with Crippen molar-refractivity contribution in [3.05, 3.63) is 0 Å². The van der Waals surface area contributed by atoms with Gasteiger partial charge in [0.1, 0.15) is 0 Å². The predicted molar refractivity (Wildman–Crippen MR) is 69.8 cm³/mol. The summed E-state index contributed by atoms with van der Waals surface area (Å²) >= 11 is 1.79. The van der Waals surface area contributed by atoms with E-state index in [-0.39, 0.29) is 18.1 Å². The smallest absolute Gasteiger partial charge is 0.234 e. The lowest BCUT2D eigenvalue weighted by Crippen LogP contribution is -2.45. The number of amides is 1. The molecule has 96 valence electrons. The van der Waals surface area contributed by atoms with E-state index in [4.69, 9.17) is 5.11 Å². The van der Waals surface area contributed by atoms with Gasteiger partial charge in [-0.2, -0.15) is 11.8 Å². The van der Waals surface area contributed by atoms with Crippen LogP contribution in [0.2, 0.25) is 0 Å². The van der Waals surface area contributed by atoms with E-state index in [1.54, 1.807) is 11.8 Å². The van der Waals surface area contributed by atoms with Gasteiger partial charge in [0, 0.05) is 24.4 Å². The van der Waals surface area contributed by atoms with Crippen molar-refractivity contribution in [3.63, 3.8) is 0 Å². The molecule has 3 N–H and O–H groups in total. The van der Waals surface area contributed by atoms with Crippen molar-refractivity contribution in [3.8, 4) is 0 Å². The fourth-order valence-corrected chi connectivity index (χ4v) is 1.90. The van der Waals surface area contributed by atoms with Gasteiger partial charge in [-0.15, -0.1) is 0 Å². The zero-order chi connectivity index (χ0) is 12.4. The lowest BCUT2D eigenvalue weighted by Gasteiger charge is -2.20. The summed E-state index contributed by atoms with van der Waals surface area (Å²) in [7, 11) is 0. The van der Waals surface area contributed by atoms with Crippen LogP contribution in [0.1, 0.15) is 27.2 Å². The summed E-state index contributed by atoms with van der Waals surface area (Å²) in [6.45, 7) is 7.36. The Bertz CT molecular complexity index is 193. The number of aliphatic hydroxyl groups excluding tert-OH is 1. The maximum atomic E-state index is 11.4. The van der Waals surface area contributed by atoms with Gasteiger partial charge in [-0.05, 0) is 32.9 Å². The van der Waals surface area contributed by atoms with E-state index in [1.807, 2.05) is 20.8 Å². The second-order valence-electron chi connectivity index (χ2n) is 4.66. The number of carbonyl (C=O) groups is 1. The molecule has 5 heteroatoms. The van der Waals surface area contributed by atoms with Gasteiger partial charge < -0.3 is 15.7 Å². The summed E-state index contributed by atoms with van der Waals surface area (Å²) in [5.41, 5.74) is -0.158. The number of rotatable bonds is 8. The van der Waals surface area contributed by atoms with Crippen LogP contribution in [-0.4, -0.2) is 47.8 Å². The van der Waals surface area contributed by atoms with Crippen molar-refractivity contribution in [2.75, 3.05) is 31.2 Å². The molecule has 4 nitrogen and oxygen atoms in total. The molecule has 0 saturated heterocycles. The van der Waals surface area contributed by atoms with Crippen LogP contribution in [0.15, 0.2) is 0 Å². The highest BCUT2D eigenvalue weighted by Gasteiger charge is 2.12. The minimum atomic E-state index is -0.158. The molecule has 0 bridgehead atoms. The van der Waals surface area contributed by atoms with Gasteiger partial charge in [0.15, 0.2) is 0 Å². The molecule has 0 aromatic heterocycles. The average Bonchev–Trinajstić information content (AvgIpc) is 2.13. The van der Waals surface area contributed by atoms with Gasteiger partial charge in [0.05, 0.1) is 6.54 Å². The highest BCUT2D eigenvalue weighted by atomic mass is 32.2. The Morgan fingerprint density at radius 1 is 1.31 bits per heavy atom. The number of thioether (sulfide) groups is 1. The Morgan fingerprint density at radius 3 is 2.56 bits per heavy atom. The van der Waals surface area contributed by atoms with Crippen molar-refractivity contribution < 1.29 is 9.90 Å². The predicted octanol–water partition coefficient (Wildman–Crippen LogP) is 0.606. The summed E-state index contributed by atoms with van der Waals surface area (Å²) < 4.78 is 0. The molecule has 0 aliphatic carbocycles. The van der Waals surface area contributed by atoms with Crippen LogP contribution < -0.4 is 10.6 Å². The van der Waals surface area contributed by atoms with Crippen molar-refractivity contribution in [2.24, 2.45) is 0 Å². The van der Waals surface area contributed by atoms with Crippen molar-refractivity contribution in [1.82, 2.24) is 10.6 Å². The highest BCUT2D eigenvalue weighted by Crippen LogP contribution is 2.00. The SMILES string of the molecule is CC(C)(C)NC(=O)CNCCSCCCO. The summed E-state index contributed by atoms with van der Waals surface area (Å²) in [5, 5.41) is 14.5. The summed E-state index contributed by atoms with van der Waals surface area (Å²) in [6, 6.07) is 0. The Balaban J connectivity index is 3.28. The zero-order valence-electron chi connectivity index (χ0n) is 10.5. The Kier molecular flexibility index (Phi) is 8.70. The minimum absolute atomic E-state index is 0.0351. The normalized spacial score (nSPS) is 11.5. The first kappa shape index (κ1) is 15.7. The quantitative estimate of drug-likeness (QED) is 0.551. The van der Waals surface area contributed by atoms with E-state index < -0.39 is 0 Å². The van der Waals surface area contributed by atoms with E-state index in [2.05, 4.69) is 10.6 Å². The van der Waals surface area contributed by atoms with Crippen LogP contribution in [-0.2, 0) is 4.79 Å². The average molecular weight is 248 g/mol. The molecule has 0 aromatic rings. The summed E-state index contributed by atoms with van der Waals surface area (Å²) in [5.74, 6) is 1.99. The molecule has 16 heavy (non-hydrogen) atoms. The van der Waals surface area contributed by atoms with E-state index in [0.717, 1.165) is 24.5 Å². The Morgan fingerprint density at radius 2 is 2.00 bits per heavy atom. The number of nitrogens with one attached hydrogen (secondary N) is 2. The second-order valence-corrected chi connectivity index (χ2v) is 5.89. The van der Waals surface area contributed by atoms with E-state index in [1.165, 1.54) is 0 Å². The van der Waals surface area contributed by atoms with Crippen LogP contribution in [0.25, 0.3) is 0 Å². The molecule has 0 atom stereocenters. The Labute approximate surface area is 103 Å². The molecule has 1 amide bonds. The molecular formula is C11H24N2O2S. The summed E-state index contributed by atoms with van der Waals surface area (Å²) in [6.07, 6.45) is 0.842. The fraction of sp³-hybridized carbons (Fsp3) is 0.909. The number of hydrogen-bond donors (Lipinski definition) is 3. The highest BCUT2D eigenvalue weighted by molar-refractivity contribution is 7.99. The van der Waals surface area contributed by atoms with Crippen molar-refractivity contribution in [1.29, 1.82) is 0 Å². The minimum Gasteiger partial charge on any atom is -0.396 e. The largest absolute Gasteiger partial charge is 0.396 e. The van der Waals surface area contributed by atoms with Gasteiger partial charge >= 0.3 is 0 Å². The molecule has 0 aliphatic rings. The number of hydrogen-bond acceptors (Lipinski definition) is 4. The molecule has 0 aromatic carbocycles. The lowest BCUT2D eigenvalue weighted by molar-refractivity contribution is -0.121. The molecular weight excluding hydrogens is 224 g/mol. The monoisotopic (exact) mass is 248 g/mol. The fourth-order valence-electron chi connectivity index (χ4n) is 1.08. The van der Waals surface area contributed by atoms with Crippen LogP contribution in [0.3, 0.4) is 0 Å². The van der Waals surface area contributed by atoms with Gasteiger partial charge in [0.2, 0.25) is 5.91 Å². The third kappa shape index (κ3) is 11.8. The lowest BCUT2D eigenvalue weighted by atomic mass is 10.1. The number of aliphatic hydroxyl groups is 1. The van der Waals surface area contributed by atoms with E-state index in [9.17, 15) is 4.79 Å². The van der Waals surface area contributed by atoms with E-state index in [0.29, 0.717) is 6.54 Å². The van der Waals surface area contributed by atoms with Crippen LogP contribution in [0.4, 0.5) is 0 Å². The maximum absolute atomic E-state index is 11.4. The maximum Gasteiger partial charge on any atom is 0.234 e. The Hall–Kier alpha value is -0.260. The number of carbonyl (C=O) groups excluding carboxylic acids is 1. The third-order valence-corrected chi connectivity index (χ3v) is 2.74. The van der Waals surface area contributed by atoms with Gasteiger partial charge in [0.25, 0.3) is 0 Å². The van der Waals surface area contributed by atoms with Crippen LogP contribution in [0, 0.1) is 0 Å². The topological polar surface area (TPSA) is 61.4 Å². The van der Waals surface area contributed by atoms with Gasteiger partial charge in [-0.1, -0.05) is 0 Å². The first-order valence-electron chi connectivity index (χ1n) is 5.66. The third-order valence-electron chi connectivity index (χ3n) is 1.67. The van der Waals surface area contributed by atoms with Crippen LogP contribution >= 0.6 is 11.8 Å². The molecule has 0 aliphatic heterocycles. The van der Waals surface area contributed by atoms with Gasteiger partial charge in [-0.25, -0.2) is 0 Å². The molecule has 0 rings (SSSR count). The molecule has 0 unspecified atom stereocenters. The van der Waals surface area contributed by atoms with Crippen molar-refractivity contribution >= 4 is 17.7 Å². The zero-order valence-corrected chi connectivity index (χ0v) is 11.3. The molecule has 0 spiro atoms. The second kappa shape index (κ2) is 8.84. The first-order chi connectivity index (χ1) is 7.45. The van der Waals surface area contributed by atoms with E-state index >= 15 is 0 Å². The molecule has 0 saturated carbocycles. The van der Waals surface area contributed by atoms with Crippen molar-refractivity contribution in [2.45, 2.75) is 32.7 Å². The molecule has 0 fully saturated rings. The van der Waals surface area contributed by atoms with Crippen LogP contribution in [0.5, 0.6) is 0 Å². The standard InChI is InChI=1S/C11H24N2O2S/c1-11(2,3)13-10(15)9-12-5-8-16-7-4-6-14/h12,14H,4-9H2,1-3H3,(H,13,15). The summed E-state index contributed by atoms with van der Waals surface area (Å²) in [4.78, 5) is 11.4.